The highest BCUT2D eigenvalue weighted by Crippen LogP contribution is 2.21. The maximum Gasteiger partial charge on any atom is 0.341 e. The van der Waals surface area contributed by atoms with E-state index in [9.17, 15) is 4.79 Å². The minimum Gasteiger partial charge on any atom is -0.503 e. The summed E-state index contributed by atoms with van der Waals surface area (Å²) in [6, 6.07) is 5.78. The van der Waals surface area contributed by atoms with Crippen LogP contribution in [0.5, 0.6) is 0 Å². The van der Waals surface area contributed by atoms with Gasteiger partial charge in [0.15, 0.2) is 0 Å². The van der Waals surface area contributed by atoms with Crippen LogP contribution in [0.2, 0.25) is 0 Å². The molecule has 3 heteroatoms. The van der Waals surface area contributed by atoms with Crippen LogP contribution in [0.25, 0.3) is 5.57 Å². The molecule has 0 saturated carbocycles. The molecule has 0 heterocycles. The number of carbonyl (C=O) groups is 1. The Morgan fingerprint density at radius 3 is 2.70 bits per heavy atom. The van der Waals surface area contributed by atoms with E-state index in [2.05, 4.69) is 18.8 Å². The largest absolute Gasteiger partial charge is 0.503 e. The summed E-state index contributed by atoms with van der Waals surface area (Å²) in [6.07, 6.45) is 3.29. The smallest absolute Gasteiger partial charge is 0.341 e. The van der Waals surface area contributed by atoms with Gasteiger partial charge in [0.25, 0.3) is 0 Å². The van der Waals surface area contributed by atoms with E-state index < -0.39 is 5.97 Å². The van der Waals surface area contributed by atoms with Gasteiger partial charge in [-0.1, -0.05) is 24.8 Å². The van der Waals surface area contributed by atoms with Crippen molar-refractivity contribution >= 4 is 11.5 Å². The van der Waals surface area contributed by atoms with Gasteiger partial charge < -0.3 is 9.47 Å². The lowest BCUT2D eigenvalue weighted by atomic mass is 9.99. The second-order valence-corrected chi connectivity index (χ2v) is 4.34. The molecule has 20 heavy (non-hydrogen) atoms. The molecule has 0 aliphatic carbocycles. The van der Waals surface area contributed by atoms with Crippen LogP contribution in [0.1, 0.15) is 36.5 Å². The van der Waals surface area contributed by atoms with Gasteiger partial charge >= 0.3 is 5.97 Å². The van der Waals surface area contributed by atoms with Crippen LogP contribution >= 0.6 is 0 Å². The summed E-state index contributed by atoms with van der Waals surface area (Å²) in [5, 5.41) is 0. The van der Waals surface area contributed by atoms with Gasteiger partial charge in [0, 0.05) is 12.0 Å². The van der Waals surface area contributed by atoms with Gasteiger partial charge in [0.05, 0.1) is 20.5 Å². The van der Waals surface area contributed by atoms with Crippen molar-refractivity contribution in [2.24, 2.45) is 0 Å². The zero-order valence-corrected chi connectivity index (χ0v) is 12.4. The molecule has 106 valence electrons. The van der Waals surface area contributed by atoms with Crippen LogP contribution in [0.4, 0.5) is 0 Å². The fourth-order valence-electron chi connectivity index (χ4n) is 1.73. The van der Waals surface area contributed by atoms with Crippen LogP contribution in [0.3, 0.4) is 0 Å². The molecule has 0 N–H and O–H groups in total. The Labute approximate surface area is 120 Å². The highest BCUT2D eigenvalue weighted by atomic mass is 16.5. The Kier molecular flexibility index (Phi) is 6.39. The first-order valence-electron chi connectivity index (χ1n) is 6.55. The molecule has 0 spiro atoms. The fourth-order valence-corrected chi connectivity index (χ4v) is 1.73. The number of methoxy groups -OCH3 is 2. The first kappa shape index (κ1) is 15.8. The van der Waals surface area contributed by atoms with Crippen LogP contribution in [0, 0.1) is 18.8 Å². The molecule has 0 aliphatic heterocycles. The maximum atomic E-state index is 11.8. The highest BCUT2D eigenvalue weighted by Gasteiger charge is 2.15. The predicted octanol–water partition coefficient (Wildman–Crippen LogP) is 3.31. The summed E-state index contributed by atoms with van der Waals surface area (Å²) >= 11 is 0. The van der Waals surface area contributed by atoms with Crippen LogP contribution in [-0.4, -0.2) is 20.2 Å². The molecule has 0 atom stereocenters. The summed E-state index contributed by atoms with van der Waals surface area (Å²) in [5.41, 5.74) is 3.03. The fraction of sp³-hybridized carbons (Fsp3) is 0.353. The minimum absolute atomic E-state index is 0.395. The Bertz CT molecular complexity index is 559. The number of aryl methyl sites for hydroxylation is 1. The quantitative estimate of drug-likeness (QED) is 0.365. The number of carbonyl (C=O) groups excluding carboxylic acids is 1. The van der Waals surface area contributed by atoms with Crippen molar-refractivity contribution in [3.05, 3.63) is 41.2 Å². The van der Waals surface area contributed by atoms with E-state index in [4.69, 9.17) is 9.47 Å². The van der Waals surface area contributed by atoms with Crippen LogP contribution in [-0.2, 0) is 14.3 Å². The Balaban J connectivity index is 3.22. The third-order valence-electron chi connectivity index (χ3n) is 2.78. The molecule has 0 unspecified atom stereocenters. The molecule has 3 nitrogen and oxygen atoms in total. The van der Waals surface area contributed by atoms with Crippen molar-refractivity contribution in [2.75, 3.05) is 14.2 Å². The van der Waals surface area contributed by atoms with Gasteiger partial charge in [-0.05, 0) is 36.6 Å². The number of benzene rings is 1. The van der Waals surface area contributed by atoms with Gasteiger partial charge in [-0.2, -0.15) is 0 Å². The van der Waals surface area contributed by atoms with E-state index in [1.807, 2.05) is 25.1 Å². The third-order valence-corrected chi connectivity index (χ3v) is 2.78. The second kappa shape index (κ2) is 8.06. The number of rotatable bonds is 4. The molecular weight excluding hydrogens is 252 g/mol. The minimum atomic E-state index is -0.423. The van der Waals surface area contributed by atoms with Gasteiger partial charge in [-0.3, -0.25) is 0 Å². The van der Waals surface area contributed by atoms with Crippen molar-refractivity contribution in [1.29, 1.82) is 0 Å². The molecule has 1 aromatic carbocycles. The lowest BCUT2D eigenvalue weighted by Crippen LogP contribution is -2.06. The Morgan fingerprint density at radius 1 is 1.35 bits per heavy atom. The number of ether oxygens (including phenoxy) is 2. The summed E-state index contributed by atoms with van der Waals surface area (Å²) in [5.74, 6) is 5.77. The molecule has 0 fully saturated rings. The van der Waals surface area contributed by atoms with Crippen molar-refractivity contribution in [3.8, 4) is 11.8 Å². The van der Waals surface area contributed by atoms with Crippen molar-refractivity contribution < 1.29 is 14.3 Å². The molecule has 0 amide bonds. The highest BCUT2D eigenvalue weighted by molar-refractivity contribution is 6.16. The molecule has 0 aromatic heterocycles. The molecule has 0 radical (unpaired) electrons. The van der Waals surface area contributed by atoms with E-state index >= 15 is 0 Å². The third kappa shape index (κ3) is 4.17. The zero-order chi connectivity index (χ0) is 15.0. The van der Waals surface area contributed by atoms with Crippen LogP contribution < -0.4 is 0 Å². The zero-order valence-electron chi connectivity index (χ0n) is 12.4. The number of unbranched alkanes of at least 4 members (excludes halogenated alkanes) is 1. The normalized spacial score (nSPS) is 10.5. The van der Waals surface area contributed by atoms with Crippen molar-refractivity contribution in [1.82, 2.24) is 0 Å². The van der Waals surface area contributed by atoms with E-state index in [-0.39, 0.29) is 0 Å². The van der Waals surface area contributed by atoms with Crippen molar-refractivity contribution in [2.45, 2.75) is 26.7 Å². The lowest BCUT2D eigenvalue weighted by molar-refractivity contribution is -0.133. The monoisotopic (exact) mass is 272 g/mol. The average Bonchev–Trinajstić information content (AvgIpc) is 2.46. The van der Waals surface area contributed by atoms with E-state index in [0.717, 1.165) is 29.5 Å². The van der Waals surface area contributed by atoms with Gasteiger partial charge in [0.2, 0.25) is 0 Å². The molecule has 1 aromatic rings. The lowest BCUT2D eigenvalue weighted by Gasteiger charge is -2.09. The first-order valence-corrected chi connectivity index (χ1v) is 6.55. The predicted molar refractivity (Wildman–Crippen MR) is 80.0 cm³/mol. The van der Waals surface area contributed by atoms with Gasteiger partial charge in [-0.15, -0.1) is 0 Å². The molecule has 0 bridgehead atoms. The van der Waals surface area contributed by atoms with Gasteiger partial charge in [0.1, 0.15) is 5.57 Å². The van der Waals surface area contributed by atoms with E-state index in [1.54, 1.807) is 0 Å². The Morgan fingerprint density at radius 2 is 2.10 bits per heavy atom. The topological polar surface area (TPSA) is 35.5 Å². The molecule has 0 saturated heterocycles. The number of hydrogen-bond acceptors (Lipinski definition) is 3. The first-order chi connectivity index (χ1) is 9.63. The van der Waals surface area contributed by atoms with E-state index in [1.165, 1.54) is 20.5 Å². The number of esters is 1. The molecule has 0 aliphatic rings. The summed E-state index contributed by atoms with van der Waals surface area (Å²) < 4.78 is 9.77. The average molecular weight is 272 g/mol. The molecular formula is C17H20O3. The Hall–Kier alpha value is -2.21. The summed E-state index contributed by atoms with van der Waals surface area (Å²) in [6.45, 7) is 4.02. The molecule has 1 rings (SSSR count). The number of hydrogen-bond donors (Lipinski definition) is 0. The standard InChI is InChI=1S/C17H20O3/c1-5-6-7-8-14-10-9-13(2)15(11-14)16(12-19-3)17(18)20-4/h9-12H,5-6H2,1-4H3/b16-12+. The van der Waals surface area contributed by atoms with E-state index in [0.29, 0.717) is 5.57 Å². The second-order valence-electron chi connectivity index (χ2n) is 4.34. The van der Waals surface area contributed by atoms with Crippen molar-refractivity contribution in [3.63, 3.8) is 0 Å². The van der Waals surface area contributed by atoms with Crippen LogP contribution in [0.15, 0.2) is 24.5 Å². The summed E-state index contributed by atoms with van der Waals surface area (Å²) in [4.78, 5) is 11.8. The summed E-state index contributed by atoms with van der Waals surface area (Å²) in [7, 11) is 2.86. The SMILES string of the molecule is CCCC#Cc1ccc(C)c(/C(=C\OC)C(=O)OC)c1. The maximum absolute atomic E-state index is 11.8. The van der Waals surface area contributed by atoms with Gasteiger partial charge in [-0.25, -0.2) is 4.79 Å².